The van der Waals surface area contributed by atoms with E-state index in [4.69, 9.17) is 0 Å². The van der Waals surface area contributed by atoms with Crippen molar-refractivity contribution in [2.75, 3.05) is 31.1 Å². The number of rotatable bonds is 3. The van der Waals surface area contributed by atoms with Crippen LogP contribution in [0, 0.1) is 6.92 Å². The molecule has 0 unspecified atom stereocenters. The lowest BCUT2D eigenvalue weighted by Gasteiger charge is -2.21. The quantitative estimate of drug-likeness (QED) is 0.839. The van der Waals surface area contributed by atoms with Crippen molar-refractivity contribution in [1.29, 1.82) is 0 Å². The summed E-state index contributed by atoms with van der Waals surface area (Å²) in [7, 11) is 0. The van der Waals surface area contributed by atoms with E-state index in [0.717, 1.165) is 47.0 Å². The van der Waals surface area contributed by atoms with Crippen LogP contribution in [0.2, 0.25) is 0 Å². The van der Waals surface area contributed by atoms with Crippen LogP contribution in [0.15, 0.2) is 9.85 Å². The second-order valence-electron chi connectivity index (χ2n) is 6.36. The van der Waals surface area contributed by atoms with Gasteiger partial charge in [0, 0.05) is 31.6 Å². The number of aryl methyl sites for hydroxylation is 1. The van der Waals surface area contributed by atoms with Crippen LogP contribution in [-0.2, 0) is 0 Å². The highest BCUT2D eigenvalue weighted by Gasteiger charge is 2.26. The van der Waals surface area contributed by atoms with Crippen LogP contribution in [-0.4, -0.2) is 52.2 Å². The second kappa shape index (κ2) is 7.23. The Hall–Kier alpha value is -1.41. The molecule has 1 aliphatic heterocycles. The Morgan fingerprint density at radius 2 is 2.12 bits per heavy atom. The number of carbonyl (C=O) groups excluding carboxylic acids is 1. The molecule has 24 heavy (non-hydrogen) atoms. The van der Waals surface area contributed by atoms with Gasteiger partial charge in [-0.15, -0.1) is 11.3 Å². The molecule has 130 valence electrons. The molecule has 6 nitrogen and oxygen atoms in total. The molecule has 2 aromatic rings. The van der Waals surface area contributed by atoms with Crippen molar-refractivity contribution in [3.63, 3.8) is 0 Å². The zero-order chi connectivity index (χ0) is 17.3. The molecule has 0 aliphatic carbocycles. The Kier molecular flexibility index (Phi) is 5.24. The summed E-state index contributed by atoms with van der Waals surface area (Å²) in [6, 6.07) is 0. The average Bonchev–Trinajstić information content (AvgIpc) is 3.05. The van der Waals surface area contributed by atoms with Crippen molar-refractivity contribution in [2.45, 2.75) is 33.1 Å². The third-order valence-electron chi connectivity index (χ3n) is 4.17. The van der Waals surface area contributed by atoms with E-state index < -0.39 is 0 Å². The van der Waals surface area contributed by atoms with E-state index in [0.29, 0.717) is 18.2 Å². The predicted molar refractivity (Wildman–Crippen MR) is 100.0 cm³/mol. The highest BCUT2D eigenvalue weighted by Crippen LogP contribution is 2.27. The van der Waals surface area contributed by atoms with Gasteiger partial charge in [-0.05, 0) is 35.2 Å². The average molecular weight is 412 g/mol. The smallest absolute Gasteiger partial charge is 0.275 e. The number of carbonyl (C=O) groups is 1. The predicted octanol–water partition coefficient (Wildman–Crippen LogP) is 3.41. The molecule has 3 rings (SSSR count). The molecule has 8 heteroatoms. The summed E-state index contributed by atoms with van der Waals surface area (Å²) >= 11 is 5.20. The molecule has 1 fully saturated rings. The topological polar surface area (TPSA) is 65.1 Å². The molecule has 1 N–H and O–H groups in total. The van der Waals surface area contributed by atoms with Gasteiger partial charge in [0.1, 0.15) is 0 Å². The van der Waals surface area contributed by atoms with Crippen LogP contribution >= 0.6 is 27.3 Å². The number of anilines is 1. The van der Waals surface area contributed by atoms with Crippen molar-refractivity contribution >= 4 is 38.3 Å². The van der Waals surface area contributed by atoms with E-state index in [-0.39, 0.29) is 5.91 Å². The van der Waals surface area contributed by atoms with Gasteiger partial charge in [0.25, 0.3) is 5.91 Å². The molecule has 1 saturated heterocycles. The number of halogens is 1. The number of aromatic nitrogens is 3. The zero-order valence-electron chi connectivity index (χ0n) is 14.2. The maximum absolute atomic E-state index is 12.8. The van der Waals surface area contributed by atoms with Crippen molar-refractivity contribution in [3.05, 3.63) is 26.9 Å². The minimum absolute atomic E-state index is 0.0119. The highest BCUT2D eigenvalue weighted by atomic mass is 79.9. The largest absolute Gasteiger partial charge is 0.346 e. The molecule has 0 radical (unpaired) electrons. The number of thiazole rings is 1. The first-order valence-corrected chi connectivity index (χ1v) is 9.84. The van der Waals surface area contributed by atoms with Gasteiger partial charge in [0.05, 0.1) is 15.9 Å². The van der Waals surface area contributed by atoms with E-state index in [1.165, 1.54) is 0 Å². The number of aromatic amines is 1. The van der Waals surface area contributed by atoms with Crippen molar-refractivity contribution in [1.82, 2.24) is 20.1 Å². The Morgan fingerprint density at radius 3 is 2.75 bits per heavy atom. The molecule has 0 aromatic carbocycles. The van der Waals surface area contributed by atoms with E-state index in [2.05, 4.69) is 55.2 Å². The number of H-pyrrole nitrogens is 1. The second-order valence-corrected chi connectivity index (χ2v) is 7.99. The van der Waals surface area contributed by atoms with Crippen LogP contribution in [0.1, 0.15) is 48.1 Å². The van der Waals surface area contributed by atoms with Gasteiger partial charge in [-0.2, -0.15) is 5.10 Å². The van der Waals surface area contributed by atoms with Crippen LogP contribution in [0.3, 0.4) is 0 Å². The monoisotopic (exact) mass is 411 g/mol. The van der Waals surface area contributed by atoms with Crippen LogP contribution in [0.4, 0.5) is 5.13 Å². The maximum Gasteiger partial charge on any atom is 0.275 e. The van der Waals surface area contributed by atoms with Gasteiger partial charge in [-0.25, -0.2) is 4.98 Å². The van der Waals surface area contributed by atoms with Crippen molar-refractivity contribution in [2.24, 2.45) is 0 Å². The fourth-order valence-electron chi connectivity index (χ4n) is 2.81. The Bertz CT molecular complexity index is 726. The standard InChI is InChI=1S/C16H22BrN5OS/c1-10(2)13-12(17)14(20-19-13)15(23)21-5-4-6-22(8-7-21)16-18-11(3)9-24-16/h9-10H,4-8H2,1-3H3,(H,19,20). The number of nitrogens with one attached hydrogen (secondary N) is 1. The van der Waals surface area contributed by atoms with Gasteiger partial charge < -0.3 is 9.80 Å². The molecular formula is C16H22BrN5OS. The third kappa shape index (κ3) is 3.49. The van der Waals surface area contributed by atoms with Gasteiger partial charge >= 0.3 is 0 Å². The number of nitrogens with zero attached hydrogens (tertiary/aromatic N) is 4. The Morgan fingerprint density at radius 1 is 1.33 bits per heavy atom. The molecule has 3 heterocycles. The van der Waals surface area contributed by atoms with Crippen molar-refractivity contribution < 1.29 is 4.79 Å². The normalized spacial score (nSPS) is 15.9. The van der Waals surface area contributed by atoms with E-state index in [1.807, 2.05) is 11.8 Å². The Balaban J connectivity index is 1.70. The summed E-state index contributed by atoms with van der Waals surface area (Å²) < 4.78 is 0.791. The molecule has 1 amide bonds. The lowest BCUT2D eigenvalue weighted by atomic mass is 10.1. The van der Waals surface area contributed by atoms with E-state index in [9.17, 15) is 4.79 Å². The van der Waals surface area contributed by atoms with Gasteiger partial charge in [-0.1, -0.05) is 13.8 Å². The summed E-state index contributed by atoms with van der Waals surface area (Å²) in [5.74, 6) is 0.281. The lowest BCUT2D eigenvalue weighted by Crippen LogP contribution is -2.35. The minimum Gasteiger partial charge on any atom is -0.346 e. The van der Waals surface area contributed by atoms with Crippen LogP contribution in [0.5, 0.6) is 0 Å². The van der Waals surface area contributed by atoms with Gasteiger partial charge in [0.2, 0.25) is 0 Å². The number of hydrogen-bond acceptors (Lipinski definition) is 5. The highest BCUT2D eigenvalue weighted by molar-refractivity contribution is 9.10. The van der Waals surface area contributed by atoms with Crippen molar-refractivity contribution in [3.8, 4) is 0 Å². The fraction of sp³-hybridized carbons (Fsp3) is 0.562. The summed E-state index contributed by atoms with van der Waals surface area (Å²) in [5.41, 5.74) is 2.50. The molecule has 0 atom stereocenters. The van der Waals surface area contributed by atoms with Crippen LogP contribution < -0.4 is 4.90 Å². The molecule has 0 saturated carbocycles. The zero-order valence-corrected chi connectivity index (χ0v) is 16.6. The fourth-order valence-corrected chi connectivity index (χ4v) is 4.48. The van der Waals surface area contributed by atoms with Crippen LogP contribution in [0.25, 0.3) is 0 Å². The molecule has 1 aliphatic rings. The maximum atomic E-state index is 12.8. The van der Waals surface area contributed by atoms with E-state index in [1.54, 1.807) is 11.3 Å². The molecular weight excluding hydrogens is 390 g/mol. The molecule has 0 spiro atoms. The molecule has 2 aromatic heterocycles. The lowest BCUT2D eigenvalue weighted by molar-refractivity contribution is 0.0760. The van der Waals surface area contributed by atoms with Gasteiger partial charge in [-0.3, -0.25) is 9.89 Å². The van der Waals surface area contributed by atoms with E-state index >= 15 is 0 Å². The SMILES string of the molecule is Cc1csc(N2CCCN(C(=O)c3n[nH]c(C(C)C)c3Br)CC2)n1. The summed E-state index contributed by atoms with van der Waals surface area (Å²) in [4.78, 5) is 21.6. The summed E-state index contributed by atoms with van der Waals surface area (Å²) in [6.07, 6.45) is 0.934. The summed E-state index contributed by atoms with van der Waals surface area (Å²) in [6.45, 7) is 9.32. The Labute approximate surface area is 154 Å². The number of amides is 1. The summed E-state index contributed by atoms with van der Waals surface area (Å²) in [5, 5.41) is 10.3. The first kappa shape index (κ1) is 17.4. The number of hydrogen-bond donors (Lipinski definition) is 1. The molecule has 0 bridgehead atoms. The first-order valence-electron chi connectivity index (χ1n) is 8.17. The van der Waals surface area contributed by atoms with Gasteiger partial charge in [0.15, 0.2) is 10.8 Å². The minimum atomic E-state index is -0.0119. The first-order chi connectivity index (χ1) is 11.5. The third-order valence-corrected chi connectivity index (χ3v) is 5.99.